The maximum atomic E-state index is 11.6. The van der Waals surface area contributed by atoms with E-state index in [4.69, 9.17) is 0 Å². The molecule has 0 saturated heterocycles. The highest BCUT2D eigenvalue weighted by Crippen LogP contribution is 2.15. The van der Waals surface area contributed by atoms with E-state index in [1.54, 1.807) is 17.5 Å². The highest BCUT2D eigenvalue weighted by Gasteiger charge is 2.07. The zero-order valence-electron chi connectivity index (χ0n) is 10.1. The predicted molar refractivity (Wildman–Crippen MR) is 72.0 cm³/mol. The summed E-state index contributed by atoms with van der Waals surface area (Å²) in [5, 5.41) is 15.6. The van der Waals surface area contributed by atoms with Crippen molar-refractivity contribution in [2.24, 2.45) is 0 Å². The molecule has 0 aliphatic rings. The molecule has 0 aliphatic carbocycles. The van der Waals surface area contributed by atoms with E-state index < -0.39 is 0 Å². The number of urea groups is 1. The SMILES string of the molecule is CCc1nnc(NC(=O)NCc2cnc(C)s2)s1. The van der Waals surface area contributed by atoms with Crippen LogP contribution in [0.15, 0.2) is 6.20 Å². The van der Waals surface area contributed by atoms with E-state index in [1.165, 1.54) is 11.3 Å². The van der Waals surface area contributed by atoms with Crippen LogP contribution in [0.3, 0.4) is 0 Å². The topological polar surface area (TPSA) is 79.8 Å². The predicted octanol–water partition coefficient (Wildman–Crippen LogP) is 2.19. The van der Waals surface area contributed by atoms with Gasteiger partial charge in [0, 0.05) is 11.1 Å². The van der Waals surface area contributed by atoms with Gasteiger partial charge in [-0.15, -0.1) is 21.5 Å². The Bertz CT molecular complexity index is 536. The van der Waals surface area contributed by atoms with Crippen molar-refractivity contribution in [2.45, 2.75) is 26.8 Å². The van der Waals surface area contributed by atoms with Gasteiger partial charge in [-0.25, -0.2) is 9.78 Å². The van der Waals surface area contributed by atoms with Crippen molar-refractivity contribution in [1.29, 1.82) is 0 Å². The Morgan fingerprint density at radius 3 is 2.83 bits per heavy atom. The molecule has 2 heterocycles. The maximum Gasteiger partial charge on any atom is 0.321 e. The first-order valence-electron chi connectivity index (χ1n) is 5.46. The molecule has 0 saturated carbocycles. The Kier molecular flexibility index (Phi) is 4.21. The summed E-state index contributed by atoms with van der Waals surface area (Å²) >= 11 is 2.95. The van der Waals surface area contributed by atoms with Gasteiger partial charge < -0.3 is 5.32 Å². The second-order valence-electron chi connectivity index (χ2n) is 3.51. The number of hydrogen-bond acceptors (Lipinski definition) is 6. The lowest BCUT2D eigenvalue weighted by Crippen LogP contribution is -2.27. The number of anilines is 1. The van der Waals surface area contributed by atoms with Gasteiger partial charge >= 0.3 is 6.03 Å². The number of nitrogens with one attached hydrogen (secondary N) is 2. The Morgan fingerprint density at radius 2 is 2.22 bits per heavy atom. The van der Waals surface area contributed by atoms with Crippen LogP contribution < -0.4 is 10.6 Å². The Morgan fingerprint density at radius 1 is 1.39 bits per heavy atom. The third kappa shape index (κ3) is 3.47. The number of aromatic nitrogens is 3. The standard InChI is InChI=1S/C10H13N5OS2/c1-3-8-14-15-10(18-8)13-9(16)12-5-7-4-11-6(2)17-7/h4H,3,5H2,1-2H3,(H2,12,13,15,16). The van der Waals surface area contributed by atoms with Gasteiger partial charge in [0.25, 0.3) is 0 Å². The quantitative estimate of drug-likeness (QED) is 0.901. The van der Waals surface area contributed by atoms with Crippen molar-refractivity contribution in [2.75, 3.05) is 5.32 Å². The van der Waals surface area contributed by atoms with Crippen LogP contribution in [0.25, 0.3) is 0 Å². The molecule has 6 nitrogen and oxygen atoms in total. The van der Waals surface area contributed by atoms with E-state index in [-0.39, 0.29) is 6.03 Å². The van der Waals surface area contributed by atoms with E-state index in [0.29, 0.717) is 11.7 Å². The molecule has 0 unspecified atom stereocenters. The van der Waals surface area contributed by atoms with Crippen LogP contribution in [0.4, 0.5) is 9.93 Å². The number of amides is 2. The molecule has 0 spiro atoms. The molecule has 0 atom stereocenters. The molecule has 2 N–H and O–H groups in total. The summed E-state index contributed by atoms with van der Waals surface area (Å²) in [7, 11) is 0. The van der Waals surface area contributed by atoms with E-state index in [0.717, 1.165) is 21.3 Å². The molecule has 18 heavy (non-hydrogen) atoms. The molecule has 0 fully saturated rings. The average molecular weight is 283 g/mol. The minimum absolute atomic E-state index is 0.278. The van der Waals surface area contributed by atoms with E-state index in [9.17, 15) is 4.79 Å². The van der Waals surface area contributed by atoms with Crippen molar-refractivity contribution in [3.05, 3.63) is 21.1 Å². The summed E-state index contributed by atoms with van der Waals surface area (Å²) in [4.78, 5) is 16.7. The van der Waals surface area contributed by atoms with Gasteiger partial charge in [0.2, 0.25) is 5.13 Å². The van der Waals surface area contributed by atoms with Gasteiger partial charge in [-0.1, -0.05) is 18.3 Å². The largest absolute Gasteiger partial charge is 0.333 e. The first kappa shape index (κ1) is 12.9. The zero-order chi connectivity index (χ0) is 13.0. The normalized spacial score (nSPS) is 10.3. The fraction of sp³-hybridized carbons (Fsp3) is 0.400. The van der Waals surface area contributed by atoms with Gasteiger partial charge in [-0.3, -0.25) is 5.32 Å². The van der Waals surface area contributed by atoms with Gasteiger partial charge in [0.1, 0.15) is 5.01 Å². The summed E-state index contributed by atoms with van der Waals surface area (Å²) < 4.78 is 0. The maximum absolute atomic E-state index is 11.6. The van der Waals surface area contributed by atoms with E-state index in [2.05, 4.69) is 25.8 Å². The molecule has 8 heteroatoms. The molecule has 0 aliphatic heterocycles. The van der Waals surface area contributed by atoms with Crippen LogP contribution in [0, 0.1) is 6.92 Å². The fourth-order valence-corrected chi connectivity index (χ4v) is 2.65. The summed E-state index contributed by atoms with van der Waals surface area (Å²) in [5.41, 5.74) is 0. The first-order chi connectivity index (χ1) is 8.67. The molecule has 96 valence electrons. The Balaban J connectivity index is 1.81. The van der Waals surface area contributed by atoms with Gasteiger partial charge in [0.15, 0.2) is 0 Å². The van der Waals surface area contributed by atoms with Crippen molar-refractivity contribution >= 4 is 33.8 Å². The zero-order valence-corrected chi connectivity index (χ0v) is 11.7. The van der Waals surface area contributed by atoms with Crippen LogP contribution in [-0.4, -0.2) is 21.2 Å². The minimum Gasteiger partial charge on any atom is -0.333 e. The average Bonchev–Trinajstić information content (AvgIpc) is 2.95. The molecule has 0 aromatic carbocycles. The number of rotatable bonds is 4. The van der Waals surface area contributed by atoms with Crippen molar-refractivity contribution in [3.8, 4) is 0 Å². The third-order valence-electron chi connectivity index (χ3n) is 2.08. The highest BCUT2D eigenvalue weighted by molar-refractivity contribution is 7.15. The number of nitrogens with zero attached hydrogens (tertiary/aromatic N) is 3. The molecule has 2 aromatic heterocycles. The highest BCUT2D eigenvalue weighted by atomic mass is 32.1. The monoisotopic (exact) mass is 283 g/mol. The van der Waals surface area contributed by atoms with Crippen LogP contribution >= 0.6 is 22.7 Å². The lowest BCUT2D eigenvalue weighted by molar-refractivity contribution is 0.252. The van der Waals surface area contributed by atoms with E-state index in [1.807, 2.05) is 13.8 Å². The molecule has 2 rings (SSSR count). The summed E-state index contributed by atoms with van der Waals surface area (Å²) in [6.07, 6.45) is 2.58. The number of thiazole rings is 1. The van der Waals surface area contributed by atoms with Gasteiger partial charge in [-0.2, -0.15) is 0 Å². The van der Waals surface area contributed by atoms with Crippen molar-refractivity contribution in [3.63, 3.8) is 0 Å². The second kappa shape index (κ2) is 5.87. The van der Waals surface area contributed by atoms with Crippen LogP contribution in [0.2, 0.25) is 0 Å². The van der Waals surface area contributed by atoms with Crippen LogP contribution in [0.1, 0.15) is 21.8 Å². The molecule has 0 bridgehead atoms. The Labute approximate surface area is 112 Å². The van der Waals surface area contributed by atoms with Crippen LogP contribution in [0.5, 0.6) is 0 Å². The fourth-order valence-electron chi connectivity index (χ4n) is 1.24. The second-order valence-corrected chi connectivity index (χ2v) is 5.89. The first-order valence-corrected chi connectivity index (χ1v) is 7.09. The molecule has 2 aromatic rings. The van der Waals surface area contributed by atoms with Gasteiger partial charge in [-0.05, 0) is 13.3 Å². The molecular formula is C10H13N5OS2. The van der Waals surface area contributed by atoms with Crippen molar-refractivity contribution in [1.82, 2.24) is 20.5 Å². The minimum atomic E-state index is -0.278. The summed E-state index contributed by atoms with van der Waals surface area (Å²) in [6.45, 7) is 4.40. The number of aryl methyl sites for hydroxylation is 2. The van der Waals surface area contributed by atoms with Gasteiger partial charge in [0.05, 0.1) is 11.6 Å². The smallest absolute Gasteiger partial charge is 0.321 e. The van der Waals surface area contributed by atoms with Crippen LogP contribution in [-0.2, 0) is 13.0 Å². The molecule has 0 radical (unpaired) electrons. The molecule has 2 amide bonds. The number of carbonyl (C=O) groups excluding carboxylic acids is 1. The molecular weight excluding hydrogens is 270 g/mol. The lowest BCUT2D eigenvalue weighted by atomic mass is 10.5. The lowest BCUT2D eigenvalue weighted by Gasteiger charge is -2.02. The summed E-state index contributed by atoms with van der Waals surface area (Å²) in [5.74, 6) is 0. The third-order valence-corrected chi connectivity index (χ3v) is 3.98. The summed E-state index contributed by atoms with van der Waals surface area (Å²) in [6, 6.07) is -0.278. The van der Waals surface area contributed by atoms with Crippen molar-refractivity contribution < 1.29 is 4.79 Å². The Hall–Kier alpha value is -1.54. The number of carbonyl (C=O) groups is 1. The number of hydrogen-bond donors (Lipinski definition) is 2. The van der Waals surface area contributed by atoms with E-state index >= 15 is 0 Å².